The number of benzene rings is 1. The molecule has 0 aliphatic carbocycles. The maximum absolute atomic E-state index is 11.0. The molecule has 0 saturated heterocycles. The van der Waals surface area contributed by atoms with Crippen LogP contribution in [0.15, 0.2) is 17.2 Å². The molecule has 0 unspecified atom stereocenters. The van der Waals surface area contributed by atoms with Gasteiger partial charge in [-0.1, -0.05) is 17.7 Å². The summed E-state index contributed by atoms with van der Waals surface area (Å²) >= 11 is 0. The predicted molar refractivity (Wildman–Crippen MR) is 66.6 cm³/mol. The fourth-order valence-electron chi connectivity index (χ4n) is 1.67. The number of nitrogens with zero attached hydrogens (tertiary/aromatic N) is 2. The summed E-state index contributed by atoms with van der Waals surface area (Å²) in [5.41, 5.74) is 6.73. The smallest absolute Gasteiger partial charge is 0.254 e. The van der Waals surface area contributed by atoms with E-state index < -0.39 is 5.91 Å². The molecule has 4 heteroatoms. The van der Waals surface area contributed by atoms with Crippen molar-refractivity contribution in [3.05, 3.63) is 34.4 Å². The predicted octanol–water partition coefficient (Wildman–Crippen LogP) is 1.98. The number of rotatable bonds is 3. The third kappa shape index (κ3) is 3.72. The Morgan fingerprint density at radius 1 is 1.41 bits per heavy atom. The zero-order valence-electron chi connectivity index (χ0n) is 10.2. The van der Waals surface area contributed by atoms with E-state index in [1.807, 2.05) is 20.8 Å². The zero-order chi connectivity index (χ0) is 12.8. The lowest BCUT2D eigenvalue weighted by Gasteiger charge is -2.06. The van der Waals surface area contributed by atoms with Gasteiger partial charge >= 0.3 is 0 Å². The molecule has 1 aromatic carbocycles. The lowest BCUT2D eigenvalue weighted by Crippen LogP contribution is -2.16. The van der Waals surface area contributed by atoms with E-state index in [0.29, 0.717) is 0 Å². The van der Waals surface area contributed by atoms with Crippen LogP contribution in [-0.2, 0) is 4.79 Å². The van der Waals surface area contributed by atoms with Crippen LogP contribution in [0, 0.1) is 32.1 Å². The SMILES string of the molecule is Cc1cc(C)c(C=NNC(=O)CC#N)c(C)c1. The number of nitrogens with one attached hydrogen (secondary N) is 1. The molecule has 0 heterocycles. The van der Waals surface area contributed by atoms with Gasteiger partial charge in [-0.2, -0.15) is 10.4 Å². The van der Waals surface area contributed by atoms with Crippen molar-refractivity contribution >= 4 is 12.1 Å². The molecule has 1 rings (SSSR count). The van der Waals surface area contributed by atoms with Crippen LogP contribution in [0.25, 0.3) is 0 Å². The first kappa shape index (κ1) is 12.9. The Bertz CT molecular complexity index is 475. The summed E-state index contributed by atoms with van der Waals surface area (Å²) in [6.45, 7) is 6.03. The van der Waals surface area contributed by atoms with E-state index in [9.17, 15) is 4.79 Å². The van der Waals surface area contributed by atoms with Gasteiger partial charge in [0.2, 0.25) is 0 Å². The molecule has 88 valence electrons. The Morgan fingerprint density at radius 2 is 2.00 bits per heavy atom. The molecular weight excluding hydrogens is 214 g/mol. The molecule has 0 atom stereocenters. The lowest BCUT2D eigenvalue weighted by atomic mass is 10.0. The fraction of sp³-hybridized carbons (Fsp3) is 0.308. The number of hydrazone groups is 1. The molecule has 0 saturated carbocycles. The average molecular weight is 229 g/mol. The van der Waals surface area contributed by atoms with Crippen molar-refractivity contribution in [1.29, 1.82) is 5.26 Å². The van der Waals surface area contributed by atoms with Crippen LogP contribution in [0.4, 0.5) is 0 Å². The number of hydrogen-bond donors (Lipinski definition) is 1. The number of hydrogen-bond acceptors (Lipinski definition) is 3. The van der Waals surface area contributed by atoms with Crippen molar-refractivity contribution in [2.75, 3.05) is 0 Å². The summed E-state index contributed by atoms with van der Waals surface area (Å²) in [5.74, 6) is -0.397. The van der Waals surface area contributed by atoms with Crippen molar-refractivity contribution < 1.29 is 4.79 Å². The highest BCUT2D eigenvalue weighted by atomic mass is 16.2. The van der Waals surface area contributed by atoms with Gasteiger partial charge in [-0.15, -0.1) is 0 Å². The van der Waals surface area contributed by atoms with Gasteiger partial charge in [-0.3, -0.25) is 4.79 Å². The summed E-state index contributed by atoms with van der Waals surface area (Å²) in [6, 6.07) is 5.88. The molecule has 0 spiro atoms. The summed E-state index contributed by atoms with van der Waals surface area (Å²) < 4.78 is 0. The summed E-state index contributed by atoms with van der Waals surface area (Å²) in [5, 5.41) is 12.1. The minimum atomic E-state index is -0.397. The van der Waals surface area contributed by atoms with E-state index >= 15 is 0 Å². The number of carbonyl (C=O) groups excluding carboxylic acids is 1. The van der Waals surface area contributed by atoms with Crippen LogP contribution in [0.3, 0.4) is 0 Å². The third-order valence-electron chi connectivity index (χ3n) is 2.36. The first-order chi connectivity index (χ1) is 8.04. The summed E-state index contributed by atoms with van der Waals surface area (Å²) in [6.07, 6.45) is 1.43. The van der Waals surface area contributed by atoms with Crippen molar-refractivity contribution in [2.45, 2.75) is 27.2 Å². The molecule has 0 fully saturated rings. The maximum atomic E-state index is 11.0. The molecule has 0 radical (unpaired) electrons. The largest absolute Gasteiger partial charge is 0.272 e. The van der Waals surface area contributed by atoms with Crippen molar-refractivity contribution in [3.63, 3.8) is 0 Å². The Hall–Kier alpha value is -2.15. The molecule has 1 N–H and O–H groups in total. The molecule has 0 aliphatic rings. The molecule has 0 bridgehead atoms. The standard InChI is InChI=1S/C13H15N3O/c1-9-6-10(2)12(11(3)7-9)8-15-16-13(17)4-5-14/h6-8H,4H2,1-3H3,(H,16,17). The number of aryl methyl sites for hydroxylation is 3. The van der Waals surface area contributed by atoms with Crippen molar-refractivity contribution in [1.82, 2.24) is 5.43 Å². The molecular formula is C13H15N3O. The summed E-state index contributed by atoms with van der Waals surface area (Å²) in [4.78, 5) is 11.0. The van der Waals surface area contributed by atoms with Gasteiger partial charge in [0.25, 0.3) is 5.91 Å². The van der Waals surface area contributed by atoms with Gasteiger partial charge in [0, 0.05) is 5.56 Å². The molecule has 1 aromatic rings. The zero-order valence-corrected chi connectivity index (χ0v) is 10.2. The fourth-order valence-corrected chi connectivity index (χ4v) is 1.67. The van der Waals surface area contributed by atoms with Gasteiger partial charge in [0.15, 0.2) is 0 Å². The van der Waals surface area contributed by atoms with Gasteiger partial charge in [-0.25, -0.2) is 5.43 Å². The van der Waals surface area contributed by atoms with E-state index in [-0.39, 0.29) is 6.42 Å². The Morgan fingerprint density at radius 3 is 2.53 bits per heavy atom. The second-order valence-corrected chi connectivity index (χ2v) is 3.94. The van der Waals surface area contributed by atoms with Gasteiger partial charge in [-0.05, 0) is 31.9 Å². The first-order valence-corrected chi connectivity index (χ1v) is 5.31. The maximum Gasteiger partial charge on any atom is 0.254 e. The van der Waals surface area contributed by atoms with Crippen LogP contribution in [0.1, 0.15) is 28.7 Å². The number of carbonyl (C=O) groups is 1. The van der Waals surface area contributed by atoms with Crippen LogP contribution in [0.2, 0.25) is 0 Å². The topological polar surface area (TPSA) is 65.2 Å². The van der Waals surface area contributed by atoms with Crippen molar-refractivity contribution in [2.24, 2.45) is 5.10 Å². The highest BCUT2D eigenvalue weighted by Gasteiger charge is 2.01. The van der Waals surface area contributed by atoms with E-state index in [4.69, 9.17) is 5.26 Å². The Labute approximate surface area is 101 Å². The van der Waals surface area contributed by atoms with Gasteiger partial charge < -0.3 is 0 Å². The van der Waals surface area contributed by atoms with Gasteiger partial charge in [0.1, 0.15) is 6.42 Å². The highest BCUT2D eigenvalue weighted by Crippen LogP contribution is 2.13. The second-order valence-electron chi connectivity index (χ2n) is 3.94. The van der Waals surface area contributed by atoms with E-state index in [0.717, 1.165) is 16.7 Å². The normalized spacial score (nSPS) is 10.2. The molecule has 4 nitrogen and oxygen atoms in total. The molecule has 17 heavy (non-hydrogen) atoms. The van der Waals surface area contributed by atoms with E-state index in [1.54, 1.807) is 12.3 Å². The number of nitriles is 1. The quantitative estimate of drug-likeness (QED) is 0.636. The van der Waals surface area contributed by atoms with Gasteiger partial charge in [0.05, 0.1) is 12.3 Å². The molecule has 0 aromatic heterocycles. The highest BCUT2D eigenvalue weighted by molar-refractivity contribution is 5.85. The Kier molecular flexibility index (Phi) is 4.41. The number of amides is 1. The van der Waals surface area contributed by atoms with Crippen LogP contribution in [-0.4, -0.2) is 12.1 Å². The van der Waals surface area contributed by atoms with E-state index in [1.165, 1.54) is 5.56 Å². The molecule has 0 aliphatic heterocycles. The van der Waals surface area contributed by atoms with Crippen LogP contribution in [0.5, 0.6) is 0 Å². The van der Waals surface area contributed by atoms with Crippen molar-refractivity contribution in [3.8, 4) is 6.07 Å². The second kappa shape index (κ2) is 5.80. The van der Waals surface area contributed by atoms with E-state index in [2.05, 4.69) is 22.7 Å². The lowest BCUT2D eigenvalue weighted by molar-refractivity contribution is -0.120. The van der Waals surface area contributed by atoms with Crippen LogP contribution >= 0.6 is 0 Å². The third-order valence-corrected chi connectivity index (χ3v) is 2.36. The first-order valence-electron chi connectivity index (χ1n) is 5.31. The minimum Gasteiger partial charge on any atom is -0.272 e. The van der Waals surface area contributed by atoms with Crippen LogP contribution < -0.4 is 5.43 Å². The monoisotopic (exact) mass is 229 g/mol. The Balaban J connectivity index is 2.79. The summed E-state index contributed by atoms with van der Waals surface area (Å²) in [7, 11) is 0. The average Bonchev–Trinajstić information content (AvgIpc) is 2.22. The minimum absolute atomic E-state index is 0.177. The molecule has 1 amide bonds.